The second kappa shape index (κ2) is 11.2. The quantitative estimate of drug-likeness (QED) is 0.438. The van der Waals surface area contributed by atoms with Crippen LogP contribution in [0.25, 0.3) is 5.69 Å². The Kier molecular flexibility index (Phi) is 7.57. The molecule has 0 aliphatic carbocycles. The van der Waals surface area contributed by atoms with E-state index in [0.717, 1.165) is 30.2 Å². The van der Waals surface area contributed by atoms with Crippen molar-refractivity contribution in [3.63, 3.8) is 0 Å². The highest BCUT2D eigenvalue weighted by molar-refractivity contribution is 5.73. The Morgan fingerprint density at radius 3 is 2.74 bits per heavy atom. The summed E-state index contributed by atoms with van der Waals surface area (Å²) >= 11 is 0. The highest BCUT2D eigenvalue weighted by Gasteiger charge is 2.16. The molecule has 4 N–H and O–H groups in total. The number of carbonyl (C=O) groups excluding carboxylic acids is 1. The van der Waals surface area contributed by atoms with Gasteiger partial charge in [-0.15, -0.1) is 0 Å². The number of ether oxygens (including phenoxy) is 1. The fourth-order valence-electron chi connectivity index (χ4n) is 3.78. The number of nitriles is 1. The number of benzene rings is 1. The molecule has 0 radical (unpaired) electrons. The van der Waals surface area contributed by atoms with E-state index >= 15 is 0 Å². The van der Waals surface area contributed by atoms with E-state index in [1.807, 2.05) is 42.5 Å². The number of pyridine rings is 1. The second-order valence-corrected chi connectivity index (χ2v) is 7.90. The zero-order chi connectivity index (χ0) is 23.8. The molecule has 2 aromatic heterocycles. The normalized spacial score (nSPS) is 13.3. The van der Waals surface area contributed by atoms with E-state index in [1.54, 1.807) is 10.9 Å². The Morgan fingerprint density at radius 1 is 1.18 bits per heavy atom. The predicted octanol–water partition coefficient (Wildman–Crippen LogP) is 1.99. The van der Waals surface area contributed by atoms with Gasteiger partial charge >= 0.3 is 6.03 Å². The number of carbonyl (C=O) groups is 1. The number of urea groups is 1. The van der Waals surface area contributed by atoms with Crippen LogP contribution in [0.3, 0.4) is 0 Å². The van der Waals surface area contributed by atoms with Crippen LogP contribution in [-0.4, -0.2) is 53.6 Å². The summed E-state index contributed by atoms with van der Waals surface area (Å²) in [7, 11) is 0. The third-order valence-electron chi connectivity index (χ3n) is 5.58. The number of rotatable bonds is 8. The topological polar surface area (TPSA) is 134 Å². The van der Waals surface area contributed by atoms with E-state index in [4.69, 9.17) is 10.5 Å². The van der Waals surface area contributed by atoms with Crippen molar-refractivity contribution in [3.8, 4) is 11.8 Å². The van der Waals surface area contributed by atoms with Crippen LogP contribution in [0.5, 0.6) is 0 Å². The lowest BCUT2D eigenvalue weighted by molar-refractivity contribution is 0.122. The van der Waals surface area contributed by atoms with Crippen LogP contribution >= 0.6 is 0 Å². The molecule has 0 unspecified atom stereocenters. The molecular formula is C24H28N8O2. The Hall–Kier alpha value is -4.10. The number of hydrogen-bond donors (Lipinski definition) is 3. The lowest BCUT2D eigenvalue weighted by Crippen LogP contribution is -2.37. The summed E-state index contributed by atoms with van der Waals surface area (Å²) in [4.78, 5) is 18.8. The smallest absolute Gasteiger partial charge is 0.315 e. The van der Waals surface area contributed by atoms with Crippen molar-refractivity contribution in [2.75, 3.05) is 43.5 Å². The minimum Gasteiger partial charge on any atom is -0.382 e. The summed E-state index contributed by atoms with van der Waals surface area (Å²) in [5.41, 5.74) is 8.92. The SMILES string of the molecule is N#Cc1c(CCCNC(=O)NCc2ccnc(N3CCOCC3)c2)nn(-c2ccccc2)c1N. The number of nitrogen functional groups attached to an aromatic ring is 1. The molecule has 10 nitrogen and oxygen atoms in total. The van der Waals surface area contributed by atoms with E-state index < -0.39 is 0 Å². The third-order valence-corrected chi connectivity index (χ3v) is 5.58. The van der Waals surface area contributed by atoms with E-state index in [1.165, 1.54) is 0 Å². The first kappa shape index (κ1) is 23.1. The maximum atomic E-state index is 12.2. The van der Waals surface area contributed by atoms with E-state index in [9.17, 15) is 10.1 Å². The molecule has 1 fully saturated rings. The molecule has 2 amide bonds. The number of anilines is 2. The van der Waals surface area contributed by atoms with Crippen molar-refractivity contribution in [1.82, 2.24) is 25.4 Å². The molecule has 3 aromatic rings. The first-order valence-electron chi connectivity index (χ1n) is 11.3. The summed E-state index contributed by atoms with van der Waals surface area (Å²) in [6.07, 6.45) is 2.91. The molecule has 10 heteroatoms. The number of aromatic nitrogens is 3. The van der Waals surface area contributed by atoms with Gasteiger partial charge in [-0.1, -0.05) is 18.2 Å². The first-order chi connectivity index (χ1) is 16.7. The number of aryl methyl sites for hydroxylation is 1. The molecule has 3 heterocycles. The van der Waals surface area contributed by atoms with Crippen LogP contribution in [0, 0.1) is 11.3 Å². The minimum atomic E-state index is -0.250. The number of morpholine rings is 1. The summed E-state index contributed by atoms with van der Waals surface area (Å²) in [6.45, 7) is 3.87. The lowest BCUT2D eigenvalue weighted by atomic mass is 10.1. The number of nitrogens with two attached hydrogens (primary N) is 1. The summed E-state index contributed by atoms with van der Waals surface area (Å²) < 4.78 is 6.96. The second-order valence-electron chi connectivity index (χ2n) is 7.90. The van der Waals surface area contributed by atoms with Crippen molar-refractivity contribution in [2.45, 2.75) is 19.4 Å². The predicted molar refractivity (Wildman–Crippen MR) is 129 cm³/mol. The van der Waals surface area contributed by atoms with Gasteiger partial charge < -0.3 is 26.0 Å². The summed E-state index contributed by atoms with van der Waals surface area (Å²) in [6, 6.07) is 15.2. The molecule has 0 saturated carbocycles. The monoisotopic (exact) mass is 460 g/mol. The molecule has 1 aliphatic heterocycles. The Bertz CT molecular complexity index is 1150. The van der Waals surface area contributed by atoms with Gasteiger partial charge in [-0.3, -0.25) is 0 Å². The average molecular weight is 461 g/mol. The number of hydrogen-bond acceptors (Lipinski definition) is 7. The van der Waals surface area contributed by atoms with Gasteiger partial charge in [0, 0.05) is 32.4 Å². The summed E-state index contributed by atoms with van der Waals surface area (Å²) in [5, 5.41) is 19.7. The Labute approximate surface area is 198 Å². The highest BCUT2D eigenvalue weighted by Crippen LogP contribution is 2.21. The van der Waals surface area contributed by atoms with Crippen molar-refractivity contribution in [1.29, 1.82) is 5.26 Å². The molecule has 1 saturated heterocycles. The molecule has 1 aromatic carbocycles. The zero-order valence-corrected chi connectivity index (χ0v) is 18.9. The van der Waals surface area contributed by atoms with Crippen molar-refractivity contribution < 1.29 is 9.53 Å². The number of para-hydroxylation sites is 1. The number of nitrogens with zero attached hydrogens (tertiary/aromatic N) is 5. The van der Waals surface area contributed by atoms with E-state index in [2.05, 4.69) is 31.7 Å². The maximum absolute atomic E-state index is 12.2. The van der Waals surface area contributed by atoms with Crippen LogP contribution in [0.1, 0.15) is 23.2 Å². The Morgan fingerprint density at radius 2 is 1.97 bits per heavy atom. The van der Waals surface area contributed by atoms with Crippen molar-refractivity contribution in [3.05, 3.63) is 65.5 Å². The van der Waals surface area contributed by atoms with Gasteiger partial charge in [0.15, 0.2) is 0 Å². The van der Waals surface area contributed by atoms with Gasteiger partial charge in [0.1, 0.15) is 23.3 Å². The van der Waals surface area contributed by atoms with Crippen molar-refractivity contribution in [2.24, 2.45) is 0 Å². The number of amides is 2. The van der Waals surface area contributed by atoms with Crippen LogP contribution in [-0.2, 0) is 17.7 Å². The molecule has 0 bridgehead atoms. The zero-order valence-electron chi connectivity index (χ0n) is 18.9. The van der Waals surface area contributed by atoms with Gasteiger partial charge in [-0.2, -0.15) is 10.4 Å². The van der Waals surface area contributed by atoms with Gasteiger partial charge in [0.25, 0.3) is 0 Å². The standard InChI is InChI=1S/C24H28N8O2/c25-16-20-21(30-32(23(20)26)19-5-2-1-3-6-19)7-4-9-28-24(33)29-17-18-8-10-27-22(15-18)31-11-13-34-14-12-31/h1-3,5-6,8,10,15H,4,7,9,11-14,17,26H2,(H2,28,29,33). The van der Waals surface area contributed by atoms with Crippen LogP contribution in [0.15, 0.2) is 48.7 Å². The van der Waals surface area contributed by atoms with Crippen LogP contribution in [0.2, 0.25) is 0 Å². The molecule has 34 heavy (non-hydrogen) atoms. The number of nitrogens with one attached hydrogen (secondary N) is 2. The fraction of sp³-hybridized carbons (Fsp3) is 0.333. The average Bonchev–Trinajstić information content (AvgIpc) is 3.21. The maximum Gasteiger partial charge on any atom is 0.315 e. The Balaban J connectivity index is 1.24. The van der Waals surface area contributed by atoms with Gasteiger partial charge in [0.2, 0.25) is 0 Å². The third kappa shape index (κ3) is 5.63. The van der Waals surface area contributed by atoms with Crippen molar-refractivity contribution >= 4 is 17.7 Å². The van der Waals surface area contributed by atoms with Gasteiger partial charge in [0.05, 0.1) is 24.6 Å². The van der Waals surface area contributed by atoms with Gasteiger partial charge in [-0.25, -0.2) is 14.5 Å². The molecule has 1 aliphatic rings. The van der Waals surface area contributed by atoms with Gasteiger partial charge in [-0.05, 0) is 42.7 Å². The molecule has 4 rings (SSSR count). The fourth-order valence-corrected chi connectivity index (χ4v) is 3.78. The largest absolute Gasteiger partial charge is 0.382 e. The molecular weight excluding hydrogens is 432 g/mol. The lowest BCUT2D eigenvalue weighted by Gasteiger charge is -2.28. The molecule has 0 spiro atoms. The van der Waals surface area contributed by atoms with E-state index in [0.29, 0.717) is 56.2 Å². The molecule has 176 valence electrons. The minimum absolute atomic E-state index is 0.250. The molecule has 0 atom stereocenters. The van der Waals surface area contributed by atoms with Crippen LogP contribution < -0.4 is 21.3 Å². The van der Waals surface area contributed by atoms with E-state index in [-0.39, 0.29) is 6.03 Å². The summed E-state index contributed by atoms with van der Waals surface area (Å²) in [5.74, 6) is 1.22. The first-order valence-corrected chi connectivity index (χ1v) is 11.3. The highest BCUT2D eigenvalue weighted by atomic mass is 16.5. The van der Waals surface area contributed by atoms with Crippen LogP contribution in [0.4, 0.5) is 16.4 Å².